The van der Waals surface area contributed by atoms with E-state index in [2.05, 4.69) is 20.3 Å². The van der Waals surface area contributed by atoms with Crippen molar-refractivity contribution < 1.29 is 9.18 Å². The number of nitrogens with zero attached hydrogens (tertiary/aromatic N) is 4. The van der Waals surface area contributed by atoms with Crippen LogP contribution in [0, 0.1) is 5.82 Å². The number of aromatic amines is 1. The van der Waals surface area contributed by atoms with E-state index in [9.17, 15) is 18.8 Å². The number of pyridine rings is 1. The van der Waals surface area contributed by atoms with Gasteiger partial charge < -0.3 is 9.88 Å². The quantitative estimate of drug-likeness (QED) is 0.438. The molecule has 0 saturated heterocycles. The number of nitrogens with one attached hydrogen (secondary N) is 2. The molecule has 5 rings (SSSR count). The van der Waals surface area contributed by atoms with Crippen molar-refractivity contribution in [3.63, 3.8) is 0 Å². The number of imidazole rings is 1. The third kappa shape index (κ3) is 4.02. The second-order valence-corrected chi connectivity index (χ2v) is 8.42. The molecule has 0 bridgehead atoms. The molecule has 3 heterocycles. The van der Waals surface area contributed by atoms with Crippen LogP contribution >= 0.6 is 0 Å². The number of halogens is 1. The predicted octanol–water partition coefficient (Wildman–Crippen LogP) is 2.63. The van der Waals surface area contributed by atoms with Crippen molar-refractivity contribution in [2.24, 2.45) is 0 Å². The molecule has 0 spiro atoms. The van der Waals surface area contributed by atoms with E-state index in [0.717, 1.165) is 12.8 Å². The zero-order valence-corrected chi connectivity index (χ0v) is 18.5. The molecule has 1 amide bonds. The lowest BCUT2D eigenvalue weighted by molar-refractivity contribution is 0.0952. The van der Waals surface area contributed by atoms with Crippen LogP contribution in [-0.4, -0.2) is 30.0 Å². The molecule has 1 fully saturated rings. The largest absolute Gasteiger partial charge is 0.348 e. The van der Waals surface area contributed by atoms with E-state index in [1.54, 1.807) is 35.2 Å². The van der Waals surface area contributed by atoms with Crippen LogP contribution in [0.2, 0.25) is 0 Å². The maximum Gasteiger partial charge on any atom is 0.329 e. The summed E-state index contributed by atoms with van der Waals surface area (Å²) in [4.78, 5) is 49.1. The van der Waals surface area contributed by atoms with Gasteiger partial charge in [-0.15, -0.1) is 0 Å². The Hall–Kier alpha value is -4.08. The number of aromatic nitrogens is 5. The minimum atomic E-state index is -0.650. The highest BCUT2D eigenvalue weighted by Gasteiger charge is 2.28. The molecular formula is C24H23FN6O3. The molecule has 1 saturated carbocycles. The van der Waals surface area contributed by atoms with Crippen molar-refractivity contribution in [1.82, 2.24) is 29.4 Å². The summed E-state index contributed by atoms with van der Waals surface area (Å²) in [5.74, 6) is -0.721. The van der Waals surface area contributed by atoms with E-state index >= 15 is 0 Å². The number of H-pyrrole nitrogens is 1. The van der Waals surface area contributed by atoms with E-state index in [1.807, 2.05) is 6.92 Å². The van der Waals surface area contributed by atoms with Gasteiger partial charge in [0.1, 0.15) is 5.82 Å². The number of hydrogen-bond acceptors (Lipinski definition) is 5. The highest BCUT2D eigenvalue weighted by Crippen LogP contribution is 2.39. The van der Waals surface area contributed by atoms with Gasteiger partial charge in [0.05, 0.1) is 23.0 Å². The van der Waals surface area contributed by atoms with Crippen LogP contribution in [0.1, 0.15) is 53.7 Å². The van der Waals surface area contributed by atoms with Crippen molar-refractivity contribution in [3.8, 4) is 5.69 Å². The summed E-state index contributed by atoms with van der Waals surface area (Å²) < 4.78 is 17.5. The summed E-state index contributed by atoms with van der Waals surface area (Å²) in [5.41, 5.74) is 0.801. The lowest BCUT2D eigenvalue weighted by atomic mass is 10.1. The van der Waals surface area contributed by atoms with Crippen LogP contribution in [0.3, 0.4) is 0 Å². The molecule has 0 radical (unpaired) electrons. The Balaban J connectivity index is 1.48. The summed E-state index contributed by atoms with van der Waals surface area (Å²) in [6.45, 7) is 2.35. The Labute approximate surface area is 193 Å². The minimum Gasteiger partial charge on any atom is -0.348 e. The van der Waals surface area contributed by atoms with Gasteiger partial charge >= 0.3 is 5.69 Å². The number of aryl methyl sites for hydroxylation is 1. The van der Waals surface area contributed by atoms with Crippen LogP contribution in [0.5, 0.6) is 0 Å². The third-order valence-electron chi connectivity index (χ3n) is 5.90. The first-order valence-electron chi connectivity index (χ1n) is 11.2. The molecule has 1 aromatic carbocycles. The Bertz CT molecular complexity index is 1500. The normalized spacial score (nSPS) is 13.4. The number of rotatable bonds is 7. The molecule has 9 nitrogen and oxygen atoms in total. The summed E-state index contributed by atoms with van der Waals surface area (Å²) in [6.07, 6.45) is 7.26. The van der Waals surface area contributed by atoms with Gasteiger partial charge in [0.15, 0.2) is 5.65 Å². The van der Waals surface area contributed by atoms with Gasteiger partial charge in [0, 0.05) is 37.1 Å². The molecule has 10 heteroatoms. The van der Waals surface area contributed by atoms with Crippen LogP contribution < -0.4 is 16.6 Å². The molecule has 1 aliphatic rings. The standard InChI is InChI=1S/C24H23FN6O3/c1-2-8-31-21-20(23(33)29-24(31)34)16(11-18(28-21)15-4-5-15)22(32)27-12-14-3-6-19(17(25)10-14)30-9-7-26-13-30/h3,6-7,9-11,13,15H,2,4-5,8,12H2,1H3,(H,27,32)(H,29,33,34). The van der Waals surface area contributed by atoms with Crippen LogP contribution in [0.15, 0.2) is 52.6 Å². The highest BCUT2D eigenvalue weighted by atomic mass is 19.1. The lowest BCUT2D eigenvalue weighted by Crippen LogP contribution is -2.33. The summed E-state index contributed by atoms with van der Waals surface area (Å²) >= 11 is 0. The van der Waals surface area contributed by atoms with Gasteiger partial charge in [-0.05, 0) is 43.0 Å². The summed E-state index contributed by atoms with van der Waals surface area (Å²) in [7, 11) is 0. The Kier molecular flexibility index (Phi) is 5.56. The Morgan fingerprint density at radius 1 is 1.26 bits per heavy atom. The number of carbonyl (C=O) groups is 1. The molecule has 0 atom stereocenters. The predicted molar refractivity (Wildman–Crippen MR) is 124 cm³/mol. The molecule has 174 valence electrons. The number of carbonyl (C=O) groups excluding carboxylic acids is 1. The van der Waals surface area contributed by atoms with E-state index in [0.29, 0.717) is 29.9 Å². The van der Waals surface area contributed by atoms with Gasteiger partial charge in [0.2, 0.25) is 0 Å². The molecule has 0 unspecified atom stereocenters. The molecule has 2 N–H and O–H groups in total. The molecular weight excluding hydrogens is 439 g/mol. The van der Waals surface area contributed by atoms with Crippen molar-refractivity contribution in [2.75, 3.05) is 0 Å². The second kappa shape index (κ2) is 8.69. The zero-order chi connectivity index (χ0) is 23.8. The van der Waals surface area contributed by atoms with E-state index in [1.165, 1.54) is 17.0 Å². The number of fused-ring (bicyclic) bond motifs is 1. The number of benzene rings is 1. The smallest absolute Gasteiger partial charge is 0.329 e. The van der Waals surface area contributed by atoms with Crippen LogP contribution in [0.25, 0.3) is 16.7 Å². The van der Waals surface area contributed by atoms with Gasteiger partial charge in [0.25, 0.3) is 11.5 Å². The second-order valence-electron chi connectivity index (χ2n) is 8.42. The van der Waals surface area contributed by atoms with Crippen molar-refractivity contribution >= 4 is 16.9 Å². The average Bonchev–Trinajstić information content (AvgIpc) is 3.54. The zero-order valence-electron chi connectivity index (χ0n) is 18.5. The first kappa shape index (κ1) is 21.7. The van der Waals surface area contributed by atoms with Crippen LogP contribution in [0.4, 0.5) is 4.39 Å². The number of hydrogen-bond donors (Lipinski definition) is 2. The van der Waals surface area contributed by atoms with Crippen molar-refractivity contribution in [3.05, 3.63) is 86.5 Å². The molecule has 4 aromatic rings. The SMILES string of the molecule is CCCn1c(=O)[nH]c(=O)c2c(C(=O)NCc3ccc(-n4ccnc4)c(F)c3)cc(C3CC3)nc21. The Morgan fingerprint density at radius 2 is 2.09 bits per heavy atom. The lowest BCUT2D eigenvalue weighted by Gasteiger charge is -2.13. The van der Waals surface area contributed by atoms with E-state index in [4.69, 9.17) is 0 Å². The first-order valence-corrected chi connectivity index (χ1v) is 11.2. The number of amides is 1. The molecule has 3 aromatic heterocycles. The van der Waals surface area contributed by atoms with Crippen molar-refractivity contribution in [1.29, 1.82) is 0 Å². The summed E-state index contributed by atoms with van der Waals surface area (Å²) in [5, 5.41) is 2.86. The monoisotopic (exact) mass is 462 g/mol. The topological polar surface area (TPSA) is 115 Å². The van der Waals surface area contributed by atoms with Gasteiger partial charge in [-0.1, -0.05) is 13.0 Å². The van der Waals surface area contributed by atoms with Gasteiger partial charge in [-0.3, -0.25) is 19.1 Å². The molecule has 34 heavy (non-hydrogen) atoms. The highest BCUT2D eigenvalue weighted by molar-refractivity contribution is 6.05. The van der Waals surface area contributed by atoms with E-state index in [-0.39, 0.29) is 29.1 Å². The average molecular weight is 462 g/mol. The summed E-state index contributed by atoms with van der Waals surface area (Å²) in [6, 6.07) is 6.31. The maximum absolute atomic E-state index is 14.6. The van der Waals surface area contributed by atoms with Gasteiger partial charge in [-0.25, -0.2) is 19.2 Å². The maximum atomic E-state index is 14.6. The molecule has 0 aliphatic heterocycles. The molecule has 1 aliphatic carbocycles. The first-order chi connectivity index (χ1) is 16.5. The van der Waals surface area contributed by atoms with Crippen molar-refractivity contribution in [2.45, 2.75) is 45.2 Å². The van der Waals surface area contributed by atoms with E-state index < -0.39 is 23.0 Å². The fourth-order valence-electron chi connectivity index (χ4n) is 4.04. The fourth-order valence-corrected chi connectivity index (χ4v) is 4.04. The minimum absolute atomic E-state index is 0.0645. The fraction of sp³-hybridized carbons (Fsp3) is 0.292. The van der Waals surface area contributed by atoms with Crippen LogP contribution in [-0.2, 0) is 13.1 Å². The van der Waals surface area contributed by atoms with Gasteiger partial charge in [-0.2, -0.15) is 0 Å². The third-order valence-corrected chi connectivity index (χ3v) is 5.90. The Morgan fingerprint density at radius 3 is 2.76 bits per heavy atom.